The van der Waals surface area contributed by atoms with E-state index in [1.165, 1.54) is 0 Å². The normalized spacial score (nSPS) is 20.7. The van der Waals surface area contributed by atoms with Gasteiger partial charge in [0.25, 0.3) is 5.91 Å². The zero-order valence-corrected chi connectivity index (χ0v) is 18.1. The molecule has 144 valence electrons. The van der Waals surface area contributed by atoms with Crippen molar-refractivity contribution in [2.45, 2.75) is 25.5 Å². The molecule has 1 unspecified atom stereocenters. The Morgan fingerprint density at radius 3 is 2.65 bits per heavy atom. The molecule has 0 spiro atoms. The van der Waals surface area contributed by atoms with E-state index in [9.17, 15) is 4.79 Å². The molecule has 1 N–H and O–H groups in total. The highest BCUT2D eigenvalue weighted by molar-refractivity contribution is 14.0. The van der Waals surface area contributed by atoms with Gasteiger partial charge in [-0.15, -0.1) is 24.0 Å². The number of amides is 1. The van der Waals surface area contributed by atoms with Crippen LogP contribution in [0.1, 0.15) is 18.4 Å². The van der Waals surface area contributed by atoms with Crippen molar-refractivity contribution in [3.8, 4) is 0 Å². The highest BCUT2D eigenvalue weighted by Crippen LogP contribution is 2.16. The third kappa shape index (κ3) is 5.47. The van der Waals surface area contributed by atoms with Crippen molar-refractivity contribution in [2.24, 2.45) is 4.99 Å². The highest BCUT2D eigenvalue weighted by atomic mass is 127. The number of guanidine groups is 1. The summed E-state index contributed by atoms with van der Waals surface area (Å²) < 4.78 is 5.51. The maximum absolute atomic E-state index is 12.4. The topological polar surface area (TPSA) is 57.2 Å². The molecule has 2 aliphatic rings. The maximum Gasteiger partial charge on any atom is 0.251 e. The SMILES string of the molecule is CN=C(NCc1cccc(Cl)c1)N1CCN(C(=O)C2CCCO2)CC1.I. The fourth-order valence-electron chi connectivity index (χ4n) is 3.28. The van der Waals surface area contributed by atoms with Gasteiger partial charge in [-0.1, -0.05) is 23.7 Å². The van der Waals surface area contributed by atoms with Crippen LogP contribution < -0.4 is 5.32 Å². The maximum atomic E-state index is 12.4. The van der Waals surface area contributed by atoms with Crippen molar-refractivity contribution in [2.75, 3.05) is 39.8 Å². The lowest BCUT2D eigenvalue weighted by Gasteiger charge is -2.37. The molecule has 1 atom stereocenters. The number of piperazine rings is 1. The molecule has 3 rings (SSSR count). The lowest BCUT2D eigenvalue weighted by Crippen LogP contribution is -2.55. The number of rotatable bonds is 3. The van der Waals surface area contributed by atoms with Gasteiger partial charge < -0.3 is 19.9 Å². The van der Waals surface area contributed by atoms with Crippen molar-refractivity contribution in [3.05, 3.63) is 34.9 Å². The molecular formula is C18H26ClIN4O2. The lowest BCUT2D eigenvalue weighted by atomic mass is 10.2. The van der Waals surface area contributed by atoms with E-state index in [2.05, 4.69) is 15.2 Å². The summed E-state index contributed by atoms with van der Waals surface area (Å²) in [6, 6.07) is 7.78. The summed E-state index contributed by atoms with van der Waals surface area (Å²) in [5, 5.41) is 4.10. The van der Waals surface area contributed by atoms with Gasteiger partial charge in [0.2, 0.25) is 0 Å². The van der Waals surface area contributed by atoms with Crippen LogP contribution in [0.5, 0.6) is 0 Å². The van der Waals surface area contributed by atoms with E-state index in [1.807, 2.05) is 29.2 Å². The number of carbonyl (C=O) groups excluding carboxylic acids is 1. The minimum Gasteiger partial charge on any atom is -0.368 e. The second-order valence-electron chi connectivity index (χ2n) is 6.34. The standard InChI is InChI=1S/C18H25ClN4O2.HI/c1-20-18(21-13-14-4-2-5-15(19)12-14)23-9-7-22(8-10-23)17(24)16-6-3-11-25-16;/h2,4-5,12,16H,3,6-11,13H2,1H3,(H,20,21);1H. The highest BCUT2D eigenvalue weighted by Gasteiger charge is 2.30. The molecule has 0 radical (unpaired) electrons. The van der Waals surface area contributed by atoms with Crippen LogP contribution in [0.2, 0.25) is 5.02 Å². The van der Waals surface area contributed by atoms with Gasteiger partial charge in [0.05, 0.1) is 0 Å². The number of nitrogens with zero attached hydrogens (tertiary/aromatic N) is 3. The van der Waals surface area contributed by atoms with Crippen LogP contribution in [0.25, 0.3) is 0 Å². The Morgan fingerprint density at radius 1 is 1.31 bits per heavy atom. The van der Waals surface area contributed by atoms with E-state index in [-0.39, 0.29) is 36.0 Å². The second kappa shape index (κ2) is 10.3. The van der Waals surface area contributed by atoms with Gasteiger partial charge in [-0.25, -0.2) is 0 Å². The van der Waals surface area contributed by atoms with Crippen LogP contribution in [0, 0.1) is 0 Å². The fourth-order valence-corrected chi connectivity index (χ4v) is 3.49. The Balaban J connectivity index is 0.00000243. The second-order valence-corrected chi connectivity index (χ2v) is 6.78. The van der Waals surface area contributed by atoms with E-state index in [0.717, 1.165) is 42.5 Å². The van der Waals surface area contributed by atoms with E-state index in [1.54, 1.807) is 7.05 Å². The molecule has 2 saturated heterocycles. The number of aliphatic imine (C=N–C) groups is 1. The van der Waals surface area contributed by atoms with Gasteiger partial charge in [0.1, 0.15) is 6.10 Å². The largest absolute Gasteiger partial charge is 0.368 e. The van der Waals surface area contributed by atoms with Crippen molar-refractivity contribution in [1.29, 1.82) is 0 Å². The molecule has 1 aromatic carbocycles. The van der Waals surface area contributed by atoms with Crippen LogP contribution in [0.4, 0.5) is 0 Å². The summed E-state index contributed by atoms with van der Waals surface area (Å²) in [6.45, 7) is 4.33. The first kappa shape index (κ1) is 21.2. The molecule has 8 heteroatoms. The number of carbonyl (C=O) groups is 1. The number of hydrogen-bond acceptors (Lipinski definition) is 3. The van der Waals surface area contributed by atoms with E-state index in [4.69, 9.17) is 16.3 Å². The molecule has 0 aromatic heterocycles. The van der Waals surface area contributed by atoms with Gasteiger partial charge >= 0.3 is 0 Å². The Kier molecular flexibility index (Phi) is 8.43. The van der Waals surface area contributed by atoms with Crippen LogP contribution in [0.3, 0.4) is 0 Å². The lowest BCUT2D eigenvalue weighted by molar-refractivity contribution is -0.142. The van der Waals surface area contributed by atoms with Gasteiger partial charge in [-0.2, -0.15) is 0 Å². The molecule has 26 heavy (non-hydrogen) atoms. The molecule has 2 heterocycles. The number of halogens is 2. The quantitative estimate of drug-likeness (QED) is 0.400. The summed E-state index contributed by atoms with van der Waals surface area (Å²) in [5.41, 5.74) is 1.11. The van der Waals surface area contributed by atoms with Gasteiger partial charge in [0.15, 0.2) is 5.96 Å². The van der Waals surface area contributed by atoms with E-state index >= 15 is 0 Å². The zero-order valence-electron chi connectivity index (χ0n) is 15.0. The first-order valence-electron chi connectivity index (χ1n) is 8.78. The summed E-state index contributed by atoms with van der Waals surface area (Å²) in [4.78, 5) is 20.9. The predicted molar refractivity (Wildman–Crippen MR) is 114 cm³/mol. The molecule has 6 nitrogen and oxygen atoms in total. The molecule has 2 fully saturated rings. The van der Waals surface area contributed by atoms with Gasteiger partial charge in [0, 0.05) is 51.4 Å². The van der Waals surface area contributed by atoms with Gasteiger partial charge in [-0.3, -0.25) is 9.79 Å². The van der Waals surface area contributed by atoms with Crippen molar-refractivity contribution in [1.82, 2.24) is 15.1 Å². The number of nitrogens with one attached hydrogen (secondary N) is 1. The molecule has 0 aliphatic carbocycles. The van der Waals surface area contributed by atoms with E-state index < -0.39 is 0 Å². The zero-order chi connectivity index (χ0) is 17.6. The minimum absolute atomic E-state index is 0. The van der Waals surface area contributed by atoms with Crippen LogP contribution in [-0.2, 0) is 16.1 Å². The molecule has 1 aromatic rings. The summed E-state index contributed by atoms with van der Waals surface area (Å²) in [7, 11) is 1.78. The van der Waals surface area contributed by atoms with Crippen LogP contribution in [-0.4, -0.2) is 67.6 Å². The molecule has 0 bridgehead atoms. The first-order chi connectivity index (χ1) is 12.2. The molecule has 2 aliphatic heterocycles. The molecule has 1 amide bonds. The van der Waals surface area contributed by atoms with Crippen molar-refractivity contribution < 1.29 is 9.53 Å². The van der Waals surface area contributed by atoms with Crippen LogP contribution in [0.15, 0.2) is 29.3 Å². The third-order valence-corrected chi connectivity index (χ3v) is 4.88. The summed E-state index contributed by atoms with van der Waals surface area (Å²) in [6.07, 6.45) is 1.60. The Bertz CT molecular complexity index is 629. The number of hydrogen-bond donors (Lipinski definition) is 1. The summed E-state index contributed by atoms with van der Waals surface area (Å²) >= 11 is 6.03. The Hall–Kier alpha value is -1.06. The average Bonchev–Trinajstić information content (AvgIpc) is 3.17. The smallest absolute Gasteiger partial charge is 0.251 e. The third-order valence-electron chi connectivity index (χ3n) is 4.65. The van der Waals surface area contributed by atoms with E-state index in [0.29, 0.717) is 26.2 Å². The minimum atomic E-state index is -0.230. The fraction of sp³-hybridized carbons (Fsp3) is 0.556. The average molecular weight is 493 g/mol. The Labute approximate surface area is 176 Å². The predicted octanol–water partition coefficient (Wildman–Crippen LogP) is 2.36. The number of ether oxygens (including phenoxy) is 1. The van der Waals surface area contributed by atoms with Crippen molar-refractivity contribution >= 4 is 47.4 Å². The van der Waals surface area contributed by atoms with Crippen LogP contribution >= 0.6 is 35.6 Å². The number of benzene rings is 1. The van der Waals surface area contributed by atoms with Gasteiger partial charge in [-0.05, 0) is 30.5 Å². The molecular weight excluding hydrogens is 467 g/mol. The first-order valence-corrected chi connectivity index (χ1v) is 9.15. The Morgan fingerprint density at radius 2 is 2.04 bits per heavy atom. The van der Waals surface area contributed by atoms with Crippen molar-refractivity contribution in [3.63, 3.8) is 0 Å². The monoisotopic (exact) mass is 492 g/mol. The molecule has 0 saturated carbocycles. The summed E-state index contributed by atoms with van der Waals surface area (Å²) in [5.74, 6) is 0.989.